The molecule has 0 radical (unpaired) electrons. The standard InChI is InChI=1S/C19H23F3N4O3/c1-18(2,3)29-17(27)26-8-6-25(7-9-26)11-13-4-5-14(19(20,21)22)10-15(13)16-24-23-12-28-16/h4-5,10,12H,6-9,11H2,1-3H3. The van der Waals surface area contributed by atoms with E-state index in [9.17, 15) is 18.0 Å². The van der Waals surface area contributed by atoms with Crippen LogP contribution in [0, 0.1) is 0 Å². The highest BCUT2D eigenvalue weighted by Gasteiger charge is 2.32. The van der Waals surface area contributed by atoms with Gasteiger partial charge in [-0.25, -0.2) is 4.79 Å². The molecule has 7 nitrogen and oxygen atoms in total. The summed E-state index contributed by atoms with van der Waals surface area (Å²) >= 11 is 0. The molecule has 1 aliphatic heterocycles. The zero-order chi connectivity index (χ0) is 21.2. The molecule has 1 amide bonds. The molecule has 29 heavy (non-hydrogen) atoms. The number of piperazine rings is 1. The van der Waals surface area contributed by atoms with Gasteiger partial charge >= 0.3 is 12.3 Å². The summed E-state index contributed by atoms with van der Waals surface area (Å²) in [6, 6.07) is 3.51. The Balaban J connectivity index is 1.70. The Hall–Kier alpha value is -2.62. The molecule has 2 heterocycles. The van der Waals surface area contributed by atoms with E-state index in [2.05, 4.69) is 15.1 Å². The lowest BCUT2D eigenvalue weighted by molar-refractivity contribution is -0.137. The van der Waals surface area contributed by atoms with Gasteiger partial charge in [-0.1, -0.05) is 6.07 Å². The van der Waals surface area contributed by atoms with E-state index < -0.39 is 17.3 Å². The summed E-state index contributed by atoms with van der Waals surface area (Å²) in [4.78, 5) is 15.9. The quantitative estimate of drug-likeness (QED) is 0.764. The lowest BCUT2D eigenvalue weighted by Gasteiger charge is -2.35. The third kappa shape index (κ3) is 5.47. The van der Waals surface area contributed by atoms with Crippen molar-refractivity contribution in [3.8, 4) is 11.5 Å². The monoisotopic (exact) mass is 412 g/mol. The number of halogens is 3. The zero-order valence-electron chi connectivity index (χ0n) is 16.5. The Kier molecular flexibility index (Phi) is 5.83. The van der Waals surface area contributed by atoms with Crippen molar-refractivity contribution in [2.45, 2.75) is 39.1 Å². The van der Waals surface area contributed by atoms with Gasteiger partial charge in [-0.05, 0) is 38.5 Å². The van der Waals surface area contributed by atoms with E-state index in [1.165, 1.54) is 6.07 Å². The molecule has 1 aromatic carbocycles. The van der Waals surface area contributed by atoms with Crippen molar-refractivity contribution in [1.82, 2.24) is 20.0 Å². The highest BCUT2D eigenvalue weighted by molar-refractivity contribution is 5.68. The van der Waals surface area contributed by atoms with Crippen LogP contribution < -0.4 is 0 Å². The molecule has 0 N–H and O–H groups in total. The van der Waals surface area contributed by atoms with Crippen LogP contribution in [0.3, 0.4) is 0 Å². The SMILES string of the molecule is CC(C)(C)OC(=O)N1CCN(Cc2ccc(C(F)(F)F)cc2-c2nnco2)CC1. The second kappa shape index (κ2) is 8.02. The van der Waals surface area contributed by atoms with Crippen molar-refractivity contribution < 1.29 is 27.1 Å². The molecule has 0 spiro atoms. The molecule has 1 saturated heterocycles. The van der Waals surface area contributed by atoms with E-state index in [4.69, 9.17) is 9.15 Å². The van der Waals surface area contributed by atoms with Crippen LogP contribution in [0.15, 0.2) is 29.0 Å². The predicted octanol–water partition coefficient (Wildman–Crippen LogP) is 3.81. The number of nitrogens with zero attached hydrogens (tertiary/aromatic N) is 4. The normalized spacial score (nSPS) is 16.1. The molecule has 0 saturated carbocycles. The summed E-state index contributed by atoms with van der Waals surface area (Å²) in [6.45, 7) is 7.93. The third-order valence-electron chi connectivity index (χ3n) is 4.45. The second-order valence-electron chi connectivity index (χ2n) is 7.86. The van der Waals surface area contributed by atoms with Gasteiger partial charge in [-0.2, -0.15) is 13.2 Å². The Morgan fingerprint density at radius 1 is 1.17 bits per heavy atom. The number of carbonyl (C=O) groups is 1. The first-order valence-electron chi connectivity index (χ1n) is 9.20. The molecule has 2 aromatic rings. The lowest BCUT2D eigenvalue weighted by atomic mass is 10.0. The Morgan fingerprint density at radius 3 is 2.41 bits per heavy atom. The van der Waals surface area contributed by atoms with Crippen LogP contribution in [0.5, 0.6) is 0 Å². The van der Waals surface area contributed by atoms with Gasteiger partial charge in [-0.3, -0.25) is 4.90 Å². The van der Waals surface area contributed by atoms with Crippen LogP contribution in [0.2, 0.25) is 0 Å². The van der Waals surface area contributed by atoms with Crippen LogP contribution in [-0.2, 0) is 17.5 Å². The second-order valence-corrected chi connectivity index (χ2v) is 7.86. The van der Waals surface area contributed by atoms with E-state index in [1.807, 2.05) is 20.8 Å². The van der Waals surface area contributed by atoms with Gasteiger partial charge in [-0.15, -0.1) is 10.2 Å². The third-order valence-corrected chi connectivity index (χ3v) is 4.45. The van der Waals surface area contributed by atoms with Gasteiger partial charge in [0.25, 0.3) is 0 Å². The van der Waals surface area contributed by atoms with Crippen molar-refractivity contribution in [2.75, 3.05) is 26.2 Å². The maximum Gasteiger partial charge on any atom is 0.416 e. The summed E-state index contributed by atoms with van der Waals surface area (Å²) in [5, 5.41) is 7.33. The van der Waals surface area contributed by atoms with Gasteiger partial charge in [0.2, 0.25) is 12.3 Å². The average Bonchev–Trinajstić information content (AvgIpc) is 3.14. The van der Waals surface area contributed by atoms with Crippen LogP contribution in [-0.4, -0.2) is 57.9 Å². The van der Waals surface area contributed by atoms with Crippen molar-refractivity contribution in [1.29, 1.82) is 0 Å². The minimum atomic E-state index is -4.47. The van der Waals surface area contributed by atoms with E-state index in [0.29, 0.717) is 38.3 Å². The summed E-state index contributed by atoms with van der Waals surface area (Å²) in [5.41, 5.74) is -0.433. The molecule has 10 heteroatoms. The Morgan fingerprint density at radius 2 is 1.86 bits per heavy atom. The molecular formula is C19H23F3N4O3. The van der Waals surface area contributed by atoms with E-state index in [1.54, 1.807) is 4.90 Å². The molecular weight excluding hydrogens is 389 g/mol. The number of hydrogen-bond acceptors (Lipinski definition) is 6. The predicted molar refractivity (Wildman–Crippen MR) is 97.8 cm³/mol. The molecule has 0 bridgehead atoms. The number of ether oxygens (including phenoxy) is 1. The van der Waals surface area contributed by atoms with Crippen molar-refractivity contribution in [3.05, 3.63) is 35.7 Å². The molecule has 158 valence electrons. The van der Waals surface area contributed by atoms with Crippen LogP contribution in [0.25, 0.3) is 11.5 Å². The van der Waals surface area contributed by atoms with Gasteiger partial charge in [0, 0.05) is 38.3 Å². The molecule has 1 fully saturated rings. The number of benzene rings is 1. The van der Waals surface area contributed by atoms with Crippen LogP contribution in [0.1, 0.15) is 31.9 Å². The number of rotatable bonds is 3. The minimum Gasteiger partial charge on any atom is -0.444 e. The van der Waals surface area contributed by atoms with E-state index in [0.717, 1.165) is 18.5 Å². The van der Waals surface area contributed by atoms with Crippen molar-refractivity contribution in [2.24, 2.45) is 0 Å². The maximum absolute atomic E-state index is 13.1. The highest BCUT2D eigenvalue weighted by Crippen LogP contribution is 2.34. The van der Waals surface area contributed by atoms with Gasteiger partial charge in [0.15, 0.2) is 0 Å². The minimum absolute atomic E-state index is 0.0403. The van der Waals surface area contributed by atoms with Gasteiger partial charge < -0.3 is 14.1 Å². The molecule has 1 aliphatic rings. The fourth-order valence-electron chi connectivity index (χ4n) is 3.04. The smallest absolute Gasteiger partial charge is 0.416 e. The maximum atomic E-state index is 13.1. The largest absolute Gasteiger partial charge is 0.444 e. The number of hydrogen-bond donors (Lipinski definition) is 0. The number of amides is 1. The summed E-state index contributed by atoms with van der Waals surface area (Å²) in [6.07, 6.45) is -3.75. The molecule has 0 unspecified atom stereocenters. The molecule has 3 rings (SSSR count). The van der Waals surface area contributed by atoms with Crippen LogP contribution in [0.4, 0.5) is 18.0 Å². The molecule has 0 atom stereocenters. The summed E-state index contributed by atoms with van der Waals surface area (Å²) < 4.78 is 49.8. The Bertz CT molecular complexity index is 839. The number of alkyl halides is 3. The fourth-order valence-corrected chi connectivity index (χ4v) is 3.04. The first-order chi connectivity index (χ1) is 13.5. The fraction of sp³-hybridized carbons (Fsp3) is 0.526. The summed E-state index contributed by atoms with van der Waals surface area (Å²) in [5.74, 6) is 0.0403. The molecule has 0 aliphatic carbocycles. The highest BCUT2D eigenvalue weighted by atomic mass is 19.4. The van der Waals surface area contributed by atoms with Crippen molar-refractivity contribution in [3.63, 3.8) is 0 Å². The van der Waals surface area contributed by atoms with Crippen LogP contribution >= 0.6 is 0 Å². The first-order valence-corrected chi connectivity index (χ1v) is 9.20. The topological polar surface area (TPSA) is 71.7 Å². The van der Waals surface area contributed by atoms with Gasteiger partial charge in [0.1, 0.15) is 5.60 Å². The number of carbonyl (C=O) groups excluding carboxylic acids is 1. The zero-order valence-corrected chi connectivity index (χ0v) is 16.5. The lowest BCUT2D eigenvalue weighted by Crippen LogP contribution is -2.49. The first kappa shape index (κ1) is 21.1. The van der Waals surface area contributed by atoms with Crippen molar-refractivity contribution >= 4 is 6.09 Å². The average molecular weight is 412 g/mol. The van der Waals surface area contributed by atoms with E-state index >= 15 is 0 Å². The Labute approximate surface area is 166 Å². The van der Waals surface area contributed by atoms with Gasteiger partial charge in [0.05, 0.1) is 5.56 Å². The van der Waals surface area contributed by atoms with E-state index in [-0.39, 0.29) is 17.5 Å². The molecule has 1 aromatic heterocycles. The summed E-state index contributed by atoms with van der Waals surface area (Å²) in [7, 11) is 0. The number of aromatic nitrogens is 2.